The molecule has 7 rings (SSSR count). The Morgan fingerprint density at radius 2 is 1.64 bits per heavy atom. The van der Waals surface area contributed by atoms with Crippen molar-refractivity contribution in [2.45, 2.75) is 81.7 Å². The zero-order chi connectivity index (χ0) is 27.7. The number of nitrogens with one attached hydrogen (secondary N) is 1. The van der Waals surface area contributed by atoms with Crippen LogP contribution in [0.4, 0.5) is 0 Å². The van der Waals surface area contributed by atoms with Gasteiger partial charge in [0.25, 0.3) is 10.1 Å². The number of rotatable bonds is 7. The van der Waals surface area contributed by atoms with Crippen molar-refractivity contribution in [2.75, 3.05) is 26.0 Å². The summed E-state index contributed by atoms with van der Waals surface area (Å²) < 4.78 is 38.5. The van der Waals surface area contributed by atoms with Crippen LogP contribution in [0, 0.1) is 23.7 Å². The Kier molecular flexibility index (Phi) is 8.57. The van der Waals surface area contributed by atoms with E-state index in [0.29, 0.717) is 37.2 Å². The van der Waals surface area contributed by atoms with Gasteiger partial charge in [-0.1, -0.05) is 12.1 Å². The minimum atomic E-state index is -3.67. The van der Waals surface area contributed by atoms with Gasteiger partial charge in [0.05, 0.1) is 19.4 Å². The van der Waals surface area contributed by atoms with Crippen molar-refractivity contribution in [1.29, 1.82) is 0 Å². The third kappa shape index (κ3) is 6.77. The number of ether oxygens (including phenoxy) is 2. The van der Waals surface area contributed by atoms with Gasteiger partial charge in [-0.25, -0.2) is 0 Å². The first kappa shape index (κ1) is 28.8. The summed E-state index contributed by atoms with van der Waals surface area (Å²) in [4.78, 5) is 23.4. The Morgan fingerprint density at radius 3 is 2.21 bits per heavy atom. The lowest BCUT2D eigenvalue weighted by atomic mass is 9.53. The maximum Gasteiger partial charge on any atom is 0.261 e. The predicted octanol–water partition coefficient (Wildman–Crippen LogP) is 3.52. The number of hydrogen-bond donors (Lipinski definition) is 3. The van der Waals surface area contributed by atoms with Gasteiger partial charge in [0.1, 0.15) is 5.75 Å². The molecule has 6 aliphatic rings. The van der Waals surface area contributed by atoms with E-state index in [1.165, 1.54) is 37.7 Å². The summed E-state index contributed by atoms with van der Waals surface area (Å²) in [6.45, 7) is 1.17. The molecule has 39 heavy (non-hydrogen) atoms. The molecule has 0 aromatic heterocycles. The molecule has 11 heteroatoms. The molecule has 0 unspecified atom stereocenters. The molecule has 5 saturated carbocycles. The largest absolute Gasteiger partial charge is 0.494 e. The smallest absolute Gasteiger partial charge is 0.261 e. The first-order valence-electron chi connectivity index (χ1n) is 14.3. The van der Waals surface area contributed by atoms with Gasteiger partial charge < -0.3 is 20.5 Å². The fourth-order valence-electron chi connectivity index (χ4n) is 7.58. The summed E-state index contributed by atoms with van der Waals surface area (Å²) >= 11 is 0. The van der Waals surface area contributed by atoms with Crippen LogP contribution in [-0.4, -0.2) is 56.4 Å². The van der Waals surface area contributed by atoms with Crippen molar-refractivity contribution < 1.29 is 37.0 Å². The molecule has 1 aliphatic heterocycles. The van der Waals surface area contributed by atoms with E-state index in [9.17, 15) is 13.2 Å². The van der Waals surface area contributed by atoms with Crippen molar-refractivity contribution in [3.63, 3.8) is 0 Å². The van der Waals surface area contributed by atoms with Crippen LogP contribution in [-0.2, 0) is 29.4 Å². The van der Waals surface area contributed by atoms with E-state index in [-0.39, 0.29) is 12.5 Å². The van der Waals surface area contributed by atoms with E-state index >= 15 is 0 Å². The highest BCUT2D eigenvalue weighted by Gasteiger charge is 2.66. The van der Waals surface area contributed by atoms with Crippen molar-refractivity contribution in [2.24, 2.45) is 29.4 Å². The van der Waals surface area contributed by atoms with Gasteiger partial charge in [0, 0.05) is 31.2 Å². The van der Waals surface area contributed by atoms with E-state index in [2.05, 4.69) is 17.4 Å². The molecular weight excluding hydrogens is 524 g/mol. The second-order valence-corrected chi connectivity index (χ2v) is 13.5. The number of hydrogen-bond acceptors (Lipinski definition) is 8. The highest BCUT2D eigenvalue weighted by Crippen LogP contribution is 2.64. The summed E-state index contributed by atoms with van der Waals surface area (Å²) in [5.74, 6) is 3.03. The van der Waals surface area contributed by atoms with Crippen LogP contribution in [0.25, 0.3) is 0 Å². The highest BCUT2D eigenvalue weighted by atomic mass is 32.2. The van der Waals surface area contributed by atoms with Crippen LogP contribution in [0.1, 0.15) is 75.7 Å². The molecule has 1 aromatic rings. The number of carbonyl (C=O) groups is 1. The van der Waals surface area contributed by atoms with Crippen LogP contribution < -0.4 is 15.8 Å². The number of benzene rings is 1. The van der Waals surface area contributed by atoms with E-state index in [1.807, 2.05) is 12.1 Å². The predicted molar refractivity (Wildman–Crippen MR) is 143 cm³/mol. The summed E-state index contributed by atoms with van der Waals surface area (Å²) in [7, 11) is -3.67. The standard InChI is InChI=1S/C27H38N2O5.CH4O3S/c28-17-25(30)29-10-1-11-31-24-4-2-20(3-5-24)21-6-8-26(9-7-21)32-27(34-33-26)22-13-18-12-19(15-22)16-23(27)14-18;1-5(2,3)4/h2-5,18-19,21-23H,1,6-17,28H2,(H,29,30);1H3,(H,2,3,4). The number of nitrogens with two attached hydrogens (primary N) is 1. The molecule has 1 heterocycles. The topological polar surface area (TPSA) is 146 Å². The summed E-state index contributed by atoms with van der Waals surface area (Å²) in [6.07, 6.45) is 11.8. The third-order valence-electron chi connectivity index (χ3n) is 9.14. The summed E-state index contributed by atoms with van der Waals surface area (Å²) in [6, 6.07) is 8.46. The molecule has 5 aliphatic carbocycles. The fraction of sp³-hybridized carbons (Fsp3) is 0.750. The Hall–Kier alpha value is -1.76. The first-order chi connectivity index (χ1) is 18.6. The Morgan fingerprint density at radius 1 is 1.05 bits per heavy atom. The quantitative estimate of drug-likeness (QED) is 0.256. The van der Waals surface area contributed by atoms with Crippen LogP contribution in [0.2, 0.25) is 0 Å². The average Bonchev–Trinajstić information content (AvgIpc) is 3.26. The molecule has 1 aromatic carbocycles. The molecular formula is C28H42N2O8S. The van der Waals surface area contributed by atoms with Gasteiger partial charge in [-0.3, -0.25) is 9.35 Å². The van der Waals surface area contributed by atoms with E-state index < -0.39 is 21.7 Å². The Bertz CT molecular complexity index is 1070. The second-order valence-electron chi connectivity index (χ2n) is 12.0. The van der Waals surface area contributed by atoms with Gasteiger partial charge >= 0.3 is 0 Å². The maximum absolute atomic E-state index is 11.2. The maximum atomic E-state index is 11.2. The minimum Gasteiger partial charge on any atom is -0.494 e. The van der Waals surface area contributed by atoms with E-state index in [0.717, 1.165) is 49.7 Å². The molecule has 6 fully saturated rings. The molecule has 1 amide bonds. The summed E-state index contributed by atoms with van der Waals surface area (Å²) in [5, 5.41) is 2.75. The van der Waals surface area contributed by atoms with Crippen LogP contribution in [0.15, 0.2) is 24.3 Å². The van der Waals surface area contributed by atoms with Gasteiger partial charge in [0.2, 0.25) is 17.5 Å². The van der Waals surface area contributed by atoms with Crippen molar-refractivity contribution in [1.82, 2.24) is 5.32 Å². The summed E-state index contributed by atoms with van der Waals surface area (Å²) in [5.41, 5.74) is 6.63. The molecule has 4 N–H and O–H groups in total. The molecule has 2 spiro atoms. The average molecular weight is 567 g/mol. The molecule has 4 bridgehead atoms. The van der Waals surface area contributed by atoms with E-state index in [4.69, 9.17) is 29.5 Å². The zero-order valence-corrected chi connectivity index (χ0v) is 23.5. The minimum absolute atomic E-state index is 0.0264. The van der Waals surface area contributed by atoms with Crippen LogP contribution in [0.5, 0.6) is 5.75 Å². The Balaban J connectivity index is 0.000000567. The second kappa shape index (κ2) is 11.6. The SMILES string of the molecule is CS(=O)(=O)O.NCC(=O)NCCCOc1ccc(C2CCC3(CC2)OOC2(O3)C3CC4CC(C3)CC2C4)cc1. The third-order valence-corrected chi connectivity index (χ3v) is 9.14. The lowest BCUT2D eigenvalue weighted by molar-refractivity contribution is -0.390. The van der Waals surface area contributed by atoms with Gasteiger partial charge in [0.15, 0.2) is 0 Å². The van der Waals surface area contributed by atoms with Crippen molar-refractivity contribution in [3.8, 4) is 5.75 Å². The molecule has 10 nitrogen and oxygen atoms in total. The van der Waals surface area contributed by atoms with Gasteiger partial charge in [-0.05, 0) is 86.8 Å². The van der Waals surface area contributed by atoms with Gasteiger partial charge in [-0.15, -0.1) is 0 Å². The fourth-order valence-corrected chi connectivity index (χ4v) is 7.58. The normalized spacial score (nSPS) is 36.5. The van der Waals surface area contributed by atoms with Crippen molar-refractivity contribution in [3.05, 3.63) is 29.8 Å². The van der Waals surface area contributed by atoms with Crippen LogP contribution in [0.3, 0.4) is 0 Å². The number of carbonyl (C=O) groups excluding carboxylic acids is 1. The zero-order valence-electron chi connectivity index (χ0n) is 22.7. The lowest BCUT2D eigenvalue weighted by Crippen LogP contribution is -2.59. The first-order valence-corrected chi connectivity index (χ1v) is 16.1. The highest BCUT2D eigenvalue weighted by molar-refractivity contribution is 7.85. The van der Waals surface area contributed by atoms with E-state index in [1.54, 1.807) is 0 Å². The Labute approximate surface area is 231 Å². The molecule has 1 saturated heterocycles. The van der Waals surface area contributed by atoms with Crippen LogP contribution >= 0.6 is 0 Å². The lowest BCUT2D eigenvalue weighted by Gasteiger charge is -2.57. The number of amides is 1. The molecule has 0 radical (unpaired) electrons. The van der Waals surface area contributed by atoms with Gasteiger partial charge in [-0.2, -0.15) is 18.2 Å². The monoisotopic (exact) mass is 566 g/mol. The molecule has 0 atom stereocenters. The molecule has 218 valence electrons. The van der Waals surface area contributed by atoms with Crippen molar-refractivity contribution >= 4 is 16.0 Å².